The van der Waals surface area contributed by atoms with E-state index in [1.807, 2.05) is 20.8 Å². The monoisotopic (exact) mass is 629 g/mol. The van der Waals surface area contributed by atoms with E-state index < -0.39 is 30.8 Å². The standard InChI is InChI=1S/C26H29N7O7.C2H6.CH4S/c1-3-17(13-38-22-18(23(34)35)11-8-12-28-22)39-26(40-24(36)16-9-6-5-7-10-16)33-15-31-19-20(29-14-30-21(19)33)32-25(37)27-4-2;2*1-2/h5-12,14-15,17,24,26,36H,3-4,13H2,1-2H3,(H,34,35)(H2,27,29,30,32,37);1-2H3;2H,1H3/t17?,24-,26?;;/m0../s1. The van der Waals surface area contributed by atoms with Gasteiger partial charge in [-0.2, -0.15) is 12.6 Å². The van der Waals surface area contributed by atoms with Gasteiger partial charge in [0, 0.05) is 18.3 Å². The number of thiol groups is 1. The molecule has 14 nitrogen and oxygen atoms in total. The molecule has 0 aliphatic heterocycles. The van der Waals surface area contributed by atoms with Crippen LogP contribution >= 0.6 is 12.6 Å². The molecule has 0 aliphatic carbocycles. The third kappa shape index (κ3) is 9.87. The Morgan fingerprint density at radius 3 is 2.39 bits per heavy atom. The lowest BCUT2D eigenvalue weighted by Gasteiger charge is -2.27. The fourth-order valence-corrected chi connectivity index (χ4v) is 3.64. The molecule has 1 aromatic carbocycles. The second-order valence-corrected chi connectivity index (χ2v) is 8.38. The molecule has 0 bridgehead atoms. The van der Waals surface area contributed by atoms with Gasteiger partial charge in [-0.15, -0.1) is 0 Å². The Morgan fingerprint density at radius 2 is 1.73 bits per heavy atom. The predicted octanol–water partition coefficient (Wildman–Crippen LogP) is 4.67. The number of aromatic nitrogens is 5. The van der Waals surface area contributed by atoms with Gasteiger partial charge in [-0.1, -0.05) is 51.1 Å². The first-order chi connectivity index (χ1) is 21.4. The number of aliphatic hydroxyl groups is 1. The van der Waals surface area contributed by atoms with Crippen LogP contribution in [0.15, 0.2) is 61.3 Å². The molecule has 4 aromatic rings. The SMILES string of the molecule is CC.CCNC(=O)Nc1ncnc2c1ncn2C(OC(CC)COc1ncccc1C(=O)O)O[C@H](O)c1ccccc1.CS. The van der Waals surface area contributed by atoms with Gasteiger partial charge in [0.15, 0.2) is 23.3 Å². The quantitative estimate of drug-likeness (QED) is 0.102. The number of aromatic carboxylic acids is 1. The first-order valence-electron chi connectivity index (χ1n) is 13.9. The Morgan fingerprint density at radius 1 is 1.00 bits per heavy atom. The normalized spacial score (nSPS) is 12.4. The topological polar surface area (TPSA) is 183 Å². The lowest BCUT2D eigenvalue weighted by molar-refractivity contribution is -0.284. The first-order valence-corrected chi connectivity index (χ1v) is 14.8. The van der Waals surface area contributed by atoms with Crippen molar-refractivity contribution < 1.29 is 34.0 Å². The Balaban J connectivity index is 0.00000162. The average Bonchev–Trinajstić information content (AvgIpc) is 3.50. The van der Waals surface area contributed by atoms with Crippen molar-refractivity contribution in [2.75, 3.05) is 24.7 Å². The van der Waals surface area contributed by atoms with Crippen molar-refractivity contribution in [3.63, 3.8) is 0 Å². The zero-order valence-electron chi connectivity index (χ0n) is 25.2. The summed E-state index contributed by atoms with van der Waals surface area (Å²) in [6.07, 6.45) is 2.91. The number of benzene rings is 1. The number of carbonyl (C=O) groups excluding carboxylic acids is 1. The summed E-state index contributed by atoms with van der Waals surface area (Å²) < 4.78 is 19.3. The minimum atomic E-state index is -1.38. The second kappa shape index (κ2) is 19.1. The van der Waals surface area contributed by atoms with E-state index in [0.717, 1.165) is 0 Å². The molecule has 0 spiro atoms. The highest BCUT2D eigenvalue weighted by Gasteiger charge is 2.26. The van der Waals surface area contributed by atoms with E-state index in [2.05, 4.69) is 43.2 Å². The lowest BCUT2D eigenvalue weighted by atomic mass is 10.2. The van der Waals surface area contributed by atoms with Crippen molar-refractivity contribution >= 4 is 41.6 Å². The zero-order valence-corrected chi connectivity index (χ0v) is 26.1. The number of amides is 2. The fraction of sp³-hybridized carbons (Fsp3) is 0.379. The van der Waals surface area contributed by atoms with E-state index in [1.165, 1.54) is 35.6 Å². The summed E-state index contributed by atoms with van der Waals surface area (Å²) in [6.45, 7) is 7.98. The van der Waals surface area contributed by atoms with Crippen LogP contribution in [0.1, 0.15) is 62.7 Å². The van der Waals surface area contributed by atoms with Crippen molar-refractivity contribution in [3.8, 4) is 5.88 Å². The van der Waals surface area contributed by atoms with Gasteiger partial charge in [0.1, 0.15) is 24.8 Å². The van der Waals surface area contributed by atoms with Gasteiger partial charge in [-0.05, 0) is 31.7 Å². The highest BCUT2D eigenvalue weighted by Crippen LogP contribution is 2.28. The van der Waals surface area contributed by atoms with Crippen LogP contribution in [0.3, 0.4) is 0 Å². The van der Waals surface area contributed by atoms with E-state index >= 15 is 0 Å². The number of aliphatic hydroxyl groups excluding tert-OH is 1. The van der Waals surface area contributed by atoms with Gasteiger partial charge in [-0.3, -0.25) is 9.88 Å². The summed E-state index contributed by atoms with van der Waals surface area (Å²) in [4.78, 5) is 40.4. The highest BCUT2D eigenvalue weighted by atomic mass is 32.1. The van der Waals surface area contributed by atoms with E-state index in [9.17, 15) is 19.8 Å². The number of nitrogens with zero attached hydrogens (tertiary/aromatic N) is 5. The summed E-state index contributed by atoms with van der Waals surface area (Å²) in [6, 6.07) is 11.1. The summed E-state index contributed by atoms with van der Waals surface area (Å²) in [5.41, 5.74) is 0.927. The fourth-order valence-electron chi connectivity index (χ4n) is 3.64. The predicted molar refractivity (Wildman–Crippen MR) is 168 cm³/mol. The number of imidazole rings is 1. The van der Waals surface area contributed by atoms with Crippen LogP contribution in [-0.4, -0.2) is 72.2 Å². The maximum atomic E-state index is 12.1. The van der Waals surface area contributed by atoms with Gasteiger partial charge in [0.25, 0.3) is 0 Å². The molecule has 238 valence electrons. The van der Waals surface area contributed by atoms with Crippen molar-refractivity contribution in [1.82, 2.24) is 29.8 Å². The molecule has 3 aromatic heterocycles. The first kappa shape index (κ1) is 35.9. The molecule has 4 N–H and O–H groups in total. The van der Waals surface area contributed by atoms with Crippen molar-refractivity contribution in [2.45, 2.75) is 52.9 Å². The molecule has 0 radical (unpaired) electrons. The number of anilines is 1. The Bertz CT molecular complexity index is 1440. The molecule has 44 heavy (non-hydrogen) atoms. The second-order valence-electron chi connectivity index (χ2n) is 8.38. The molecule has 4 rings (SSSR count). The van der Waals surface area contributed by atoms with Crippen LogP contribution in [0.4, 0.5) is 10.6 Å². The molecule has 3 heterocycles. The van der Waals surface area contributed by atoms with Crippen molar-refractivity contribution in [2.24, 2.45) is 0 Å². The van der Waals surface area contributed by atoms with E-state index in [-0.39, 0.29) is 35.0 Å². The number of carboxylic acids is 1. The van der Waals surface area contributed by atoms with Crippen LogP contribution in [0, 0.1) is 0 Å². The number of rotatable bonds is 13. The molecule has 0 saturated carbocycles. The maximum Gasteiger partial charge on any atom is 0.341 e. The van der Waals surface area contributed by atoms with Crippen LogP contribution in [0.5, 0.6) is 5.88 Å². The molecule has 2 unspecified atom stereocenters. The van der Waals surface area contributed by atoms with Gasteiger partial charge in [0.05, 0.1) is 6.10 Å². The van der Waals surface area contributed by atoms with Gasteiger partial charge in [-0.25, -0.2) is 29.5 Å². The Kier molecular flexibility index (Phi) is 15.5. The third-order valence-electron chi connectivity index (χ3n) is 5.66. The molecule has 3 atom stereocenters. The minimum Gasteiger partial charge on any atom is -0.477 e. The summed E-state index contributed by atoms with van der Waals surface area (Å²) in [5.74, 6) is -1.06. The number of hydrogen-bond donors (Lipinski definition) is 5. The Hall–Kier alpha value is -4.31. The zero-order chi connectivity index (χ0) is 32.5. The maximum absolute atomic E-state index is 12.1. The number of urea groups is 1. The lowest BCUT2D eigenvalue weighted by Crippen LogP contribution is -2.29. The van der Waals surface area contributed by atoms with Crippen LogP contribution in [-0.2, 0) is 9.47 Å². The number of carbonyl (C=O) groups is 2. The van der Waals surface area contributed by atoms with Gasteiger partial charge >= 0.3 is 12.0 Å². The molecule has 15 heteroatoms. The van der Waals surface area contributed by atoms with Crippen LogP contribution in [0.2, 0.25) is 0 Å². The van der Waals surface area contributed by atoms with Gasteiger partial charge in [0.2, 0.25) is 12.3 Å². The highest BCUT2D eigenvalue weighted by molar-refractivity contribution is 7.79. The summed E-state index contributed by atoms with van der Waals surface area (Å²) in [7, 11) is 0. The smallest absolute Gasteiger partial charge is 0.341 e. The largest absolute Gasteiger partial charge is 0.477 e. The molecular formula is C29H39N7O7S. The molecule has 2 amide bonds. The third-order valence-corrected chi connectivity index (χ3v) is 5.66. The minimum absolute atomic E-state index is 0.0549. The van der Waals surface area contributed by atoms with Crippen LogP contribution < -0.4 is 15.4 Å². The number of pyridine rings is 1. The summed E-state index contributed by atoms with van der Waals surface area (Å²) in [5, 5.41) is 25.5. The molecule has 0 aliphatic rings. The average molecular weight is 630 g/mol. The summed E-state index contributed by atoms with van der Waals surface area (Å²) >= 11 is 3.53. The number of hydrogen-bond acceptors (Lipinski definition) is 11. The molecule has 0 saturated heterocycles. The number of nitrogens with one attached hydrogen (secondary N) is 2. The van der Waals surface area contributed by atoms with Crippen molar-refractivity contribution in [1.29, 1.82) is 0 Å². The van der Waals surface area contributed by atoms with E-state index in [4.69, 9.17) is 14.2 Å². The number of fused-ring (bicyclic) bond motifs is 1. The number of carboxylic acid groups (broad SMARTS) is 1. The van der Waals surface area contributed by atoms with Crippen LogP contribution in [0.25, 0.3) is 11.2 Å². The Labute approximate surface area is 261 Å². The van der Waals surface area contributed by atoms with E-state index in [1.54, 1.807) is 43.5 Å². The molecular weight excluding hydrogens is 590 g/mol. The van der Waals surface area contributed by atoms with Crippen molar-refractivity contribution in [3.05, 3.63) is 72.4 Å². The molecule has 0 fully saturated rings. The number of ether oxygens (including phenoxy) is 3. The van der Waals surface area contributed by atoms with Gasteiger partial charge < -0.3 is 29.7 Å². The van der Waals surface area contributed by atoms with E-state index in [0.29, 0.717) is 18.5 Å².